The maximum Gasteiger partial charge on any atom is 0.165 e. The van der Waals surface area contributed by atoms with Crippen LogP contribution in [0.4, 0.5) is 4.39 Å². The normalized spacial score (nSPS) is 8.93. The number of aryl methyl sites for hydroxylation is 1. The lowest BCUT2D eigenvalue weighted by Gasteiger charge is -2.03. The summed E-state index contributed by atoms with van der Waals surface area (Å²) >= 11 is 0. The van der Waals surface area contributed by atoms with Crippen molar-refractivity contribution in [3.63, 3.8) is 0 Å². The first kappa shape index (κ1) is 12.9. The van der Waals surface area contributed by atoms with Gasteiger partial charge in [-0.15, -0.1) is 0 Å². The molecule has 0 N–H and O–H groups in total. The SMILES string of the molecule is CCC.CCOc1ccc(C)cc1F. The van der Waals surface area contributed by atoms with E-state index in [1.807, 2.05) is 19.9 Å². The zero-order valence-corrected chi connectivity index (χ0v) is 9.43. The van der Waals surface area contributed by atoms with Crippen molar-refractivity contribution in [1.82, 2.24) is 0 Å². The van der Waals surface area contributed by atoms with E-state index >= 15 is 0 Å². The van der Waals surface area contributed by atoms with Gasteiger partial charge in [-0.25, -0.2) is 4.39 Å². The van der Waals surface area contributed by atoms with Gasteiger partial charge < -0.3 is 4.74 Å². The Bertz CT molecular complexity index is 258. The van der Waals surface area contributed by atoms with Crippen LogP contribution in [0.25, 0.3) is 0 Å². The van der Waals surface area contributed by atoms with Gasteiger partial charge in [-0.3, -0.25) is 0 Å². The van der Waals surface area contributed by atoms with Crippen molar-refractivity contribution in [2.75, 3.05) is 6.61 Å². The van der Waals surface area contributed by atoms with Crippen LogP contribution >= 0.6 is 0 Å². The fraction of sp³-hybridized carbons (Fsp3) is 0.500. The molecule has 0 amide bonds. The third kappa shape index (κ3) is 4.85. The van der Waals surface area contributed by atoms with Gasteiger partial charge in [0.1, 0.15) is 0 Å². The Hall–Kier alpha value is -1.05. The molecule has 1 aromatic carbocycles. The van der Waals surface area contributed by atoms with Gasteiger partial charge in [-0.2, -0.15) is 0 Å². The molecule has 0 heterocycles. The van der Waals surface area contributed by atoms with Crippen molar-refractivity contribution in [2.45, 2.75) is 34.1 Å². The predicted molar refractivity (Wildman–Crippen MR) is 58.3 cm³/mol. The van der Waals surface area contributed by atoms with Gasteiger partial charge >= 0.3 is 0 Å². The first-order valence-corrected chi connectivity index (χ1v) is 5.04. The third-order valence-electron chi connectivity index (χ3n) is 1.39. The second kappa shape index (κ2) is 7.36. The van der Waals surface area contributed by atoms with Gasteiger partial charge in [0, 0.05) is 0 Å². The number of hydrogen-bond acceptors (Lipinski definition) is 1. The summed E-state index contributed by atoms with van der Waals surface area (Å²) in [5.74, 6) is 0.0463. The van der Waals surface area contributed by atoms with Gasteiger partial charge in [0.05, 0.1) is 6.61 Å². The summed E-state index contributed by atoms with van der Waals surface area (Å²) in [7, 11) is 0. The molecule has 0 bridgehead atoms. The minimum Gasteiger partial charge on any atom is -0.491 e. The highest BCUT2D eigenvalue weighted by atomic mass is 19.1. The predicted octanol–water partition coefficient (Wildman–Crippen LogP) is 3.95. The molecule has 0 aliphatic rings. The quantitative estimate of drug-likeness (QED) is 0.699. The topological polar surface area (TPSA) is 9.23 Å². The molecule has 0 saturated heterocycles. The zero-order valence-electron chi connectivity index (χ0n) is 9.43. The standard InChI is InChI=1S/C9H11FO.C3H8/c1-3-11-9-5-4-7(2)6-8(9)10;1-3-2/h4-6H,3H2,1-2H3;3H2,1-2H3. The molecular weight excluding hydrogens is 179 g/mol. The first-order valence-electron chi connectivity index (χ1n) is 5.04. The molecular formula is C12H19FO. The molecule has 0 aliphatic heterocycles. The molecule has 80 valence electrons. The molecule has 0 aliphatic carbocycles. The van der Waals surface area contributed by atoms with Crippen molar-refractivity contribution in [3.05, 3.63) is 29.6 Å². The number of benzene rings is 1. The van der Waals surface area contributed by atoms with Crippen LogP contribution < -0.4 is 4.74 Å². The average Bonchev–Trinajstić information content (AvgIpc) is 2.11. The summed E-state index contributed by atoms with van der Waals surface area (Å²) in [5.41, 5.74) is 0.908. The lowest BCUT2D eigenvalue weighted by Crippen LogP contribution is -1.94. The van der Waals surface area contributed by atoms with Crippen molar-refractivity contribution in [1.29, 1.82) is 0 Å². The minimum absolute atomic E-state index is 0.285. The van der Waals surface area contributed by atoms with E-state index in [1.165, 1.54) is 12.5 Å². The number of halogens is 1. The molecule has 0 unspecified atom stereocenters. The van der Waals surface area contributed by atoms with Gasteiger partial charge in [0.2, 0.25) is 0 Å². The fourth-order valence-electron chi connectivity index (χ4n) is 0.878. The van der Waals surface area contributed by atoms with Crippen molar-refractivity contribution >= 4 is 0 Å². The van der Waals surface area contributed by atoms with E-state index in [0.29, 0.717) is 12.4 Å². The van der Waals surface area contributed by atoms with Crippen LogP contribution in [0.2, 0.25) is 0 Å². The Morgan fingerprint density at radius 2 is 1.79 bits per heavy atom. The third-order valence-corrected chi connectivity index (χ3v) is 1.39. The van der Waals surface area contributed by atoms with Crippen LogP contribution in [-0.4, -0.2) is 6.61 Å². The summed E-state index contributed by atoms with van der Waals surface area (Å²) < 4.78 is 17.9. The van der Waals surface area contributed by atoms with Gasteiger partial charge in [0.25, 0.3) is 0 Å². The Balaban J connectivity index is 0.000000500. The molecule has 0 saturated carbocycles. The summed E-state index contributed by atoms with van der Waals surface area (Å²) in [6.07, 6.45) is 1.25. The molecule has 0 spiro atoms. The molecule has 2 heteroatoms. The zero-order chi connectivity index (χ0) is 11.0. The Kier molecular flexibility index (Phi) is 6.81. The van der Waals surface area contributed by atoms with E-state index in [2.05, 4.69) is 13.8 Å². The summed E-state index contributed by atoms with van der Waals surface area (Å²) in [6.45, 7) is 8.43. The van der Waals surface area contributed by atoms with E-state index in [4.69, 9.17) is 4.74 Å². The van der Waals surface area contributed by atoms with Crippen LogP contribution in [0.5, 0.6) is 5.75 Å². The highest BCUT2D eigenvalue weighted by molar-refractivity contribution is 5.28. The van der Waals surface area contributed by atoms with E-state index in [0.717, 1.165) is 5.56 Å². The fourth-order valence-corrected chi connectivity index (χ4v) is 0.878. The van der Waals surface area contributed by atoms with Crippen molar-refractivity contribution < 1.29 is 9.13 Å². The van der Waals surface area contributed by atoms with E-state index in [1.54, 1.807) is 6.07 Å². The van der Waals surface area contributed by atoms with Crippen LogP contribution in [0.3, 0.4) is 0 Å². The highest BCUT2D eigenvalue weighted by Crippen LogP contribution is 2.17. The Morgan fingerprint density at radius 3 is 2.21 bits per heavy atom. The van der Waals surface area contributed by atoms with E-state index in [9.17, 15) is 4.39 Å². The molecule has 1 nitrogen and oxygen atoms in total. The number of hydrogen-bond donors (Lipinski definition) is 0. The minimum atomic E-state index is -0.285. The van der Waals surface area contributed by atoms with Gasteiger partial charge in [-0.1, -0.05) is 26.3 Å². The van der Waals surface area contributed by atoms with Crippen LogP contribution in [-0.2, 0) is 0 Å². The van der Waals surface area contributed by atoms with E-state index in [-0.39, 0.29) is 5.82 Å². The smallest absolute Gasteiger partial charge is 0.165 e. The lowest BCUT2D eigenvalue weighted by molar-refractivity contribution is 0.321. The maximum atomic E-state index is 12.9. The molecule has 14 heavy (non-hydrogen) atoms. The maximum absolute atomic E-state index is 12.9. The van der Waals surface area contributed by atoms with Gasteiger partial charge in [-0.05, 0) is 31.5 Å². The van der Waals surface area contributed by atoms with Crippen molar-refractivity contribution in [3.8, 4) is 5.75 Å². The summed E-state index contributed by atoms with van der Waals surface area (Å²) in [6, 6.07) is 4.94. The summed E-state index contributed by atoms with van der Waals surface area (Å²) in [4.78, 5) is 0. The largest absolute Gasteiger partial charge is 0.491 e. The molecule has 1 rings (SSSR count). The van der Waals surface area contributed by atoms with Crippen molar-refractivity contribution in [2.24, 2.45) is 0 Å². The number of rotatable bonds is 2. The molecule has 0 aromatic heterocycles. The molecule has 0 radical (unpaired) electrons. The first-order chi connectivity index (χ1) is 6.65. The summed E-state index contributed by atoms with van der Waals surface area (Å²) in [5, 5.41) is 0. The van der Waals surface area contributed by atoms with Crippen LogP contribution in [0, 0.1) is 12.7 Å². The molecule has 0 atom stereocenters. The Labute approximate surface area is 85.9 Å². The monoisotopic (exact) mass is 198 g/mol. The highest BCUT2D eigenvalue weighted by Gasteiger charge is 2.00. The van der Waals surface area contributed by atoms with E-state index < -0.39 is 0 Å². The second-order valence-electron chi connectivity index (χ2n) is 3.07. The second-order valence-corrected chi connectivity index (χ2v) is 3.07. The molecule has 0 fully saturated rings. The van der Waals surface area contributed by atoms with Gasteiger partial charge in [0.15, 0.2) is 11.6 Å². The van der Waals surface area contributed by atoms with Crippen LogP contribution in [0.1, 0.15) is 32.8 Å². The number of ether oxygens (including phenoxy) is 1. The average molecular weight is 198 g/mol. The lowest BCUT2D eigenvalue weighted by atomic mass is 10.2. The molecule has 1 aromatic rings. The van der Waals surface area contributed by atoms with Crippen LogP contribution in [0.15, 0.2) is 18.2 Å². The Morgan fingerprint density at radius 1 is 1.21 bits per heavy atom.